The van der Waals surface area contributed by atoms with Gasteiger partial charge in [0.15, 0.2) is 0 Å². The summed E-state index contributed by atoms with van der Waals surface area (Å²) in [5.74, 6) is -0.621. The molecule has 0 amide bonds. The summed E-state index contributed by atoms with van der Waals surface area (Å²) in [5, 5.41) is 14.3. The predicted octanol–water partition coefficient (Wildman–Crippen LogP) is 7.20. The minimum Gasteiger partial charge on any atom is -0.480 e. The van der Waals surface area contributed by atoms with Crippen molar-refractivity contribution >= 4 is 5.97 Å². The Morgan fingerprint density at radius 1 is 0.973 bits per heavy atom. The molecule has 1 aliphatic rings. The SMILES string of the molecule is CCc1c(-c2ccccc2)c(-c2ccc(C)cc2)nn1-c1ccccc1C1CCCC(OCC(=O)O)C1. The van der Waals surface area contributed by atoms with E-state index in [-0.39, 0.29) is 12.7 Å². The van der Waals surface area contributed by atoms with Crippen LogP contribution in [-0.4, -0.2) is 33.6 Å². The second kappa shape index (κ2) is 11.1. The van der Waals surface area contributed by atoms with Crippen molar-refractivity contribution in [1.82, 2.24) is 9.78 Å². The highest BCUT2D eigenvalue weighted by atomic mass is 16.5. The van der Waals surface area contributed by atoms with Crippen molar-refractivity contribution in [1.29, 1.82) is 0 Å². The van der Waals surface area contributed by atoms with E-state index in [1.165, 1.54) is 27.9 Å². The molecule has 1 N–H and O–H groups in total. The van der Waals surface area contributed by atoms with Gasteiger partial charge in [0.25, 0.3) is 0 Å². The van der Waals surface area contributed by atoms with Gasteiger partial charge in [-0.3, -0.25) is 0 Å². The molecule has 0 bridgehead atoms. The molecule has 0 aliphatic heterocycles. The van der Waals surface area contributed by atoms with Gasteiger partial charge in [0.1, 0.15) is 12.3 Å². The van der Waals surface area contributed by atoms with Crippen LogP contribution in [0.25, 0.3) is 28.1 Å². The first kappa shape index (κ1) is 25.0. The van der Waals surface area contributed by atoms with E-state index in [0.29, 0.717) is 5.92 Å². The van der Waals surface area contributed by atoms with Crippen LogP contribution in [0.4, 0.5) is 0 Å². The summed E-state index contributed by atoms with van der Waals surface area (Å²) in [7, 11) is 0. The monoisotopic (exact) mass is 494 g/mol. The maximum absolute atomic E-state index is 11.1. The van der Waals surface area contributed by atoms with E-state index in [0.717, 1.165) is 49.0 Å². The molecule has 1 heterocycles. The molecule has 2 unspecified atom stereocenters. The average molecular weight is 495 g/mol. The van der Waals surface area contributed by atoms with Gasteiger partial charge < -0.3 is 9.84 Å². The number of ether oxygens (including phenoxy) is 1. The molecule has 0 spiro atoms. The minimum absolute atomic E-state index is 0.0332. The molecule has 37 heavy (non-hydrogen) atoms. The first-order valence-corrected chi connectivity index (χ1v) is 13.2. The molecule has 2 atom stereocenters. The fraction of sp³-hybridized carbons (Fsp3) is 0.312. The fourth-order valence-electron chi connectivity index (χ4n) is 5.59. The number of hydrogen-bond acceptors (Lipinski definition) is 3. The van der Waals surface area contributed by atoms with Crippen molar-refractivity contribution in [3.8, 4) is 28.1 Å². The largest absolute Gasteiger partial charge is 0.480 e. The van der Waals surface area contributed by atoms with Crippen LogP contribution in [0.5, 0.6) is 0 Å². The summed E-state index contributed by atoms with van der Waals surface area (Å²) >= 11 is 0. The van der Waals surface area contributed by atoms with E-state index in [1.54, 1.807) is 0 Å². The zero-order valence-electron chi connectivity index (χ0n) is 21.6. The first-order valence-electron chi connectivity index (χ1n) is 13.2. The van der Waals surface area contributed by atoms with Crippen LogP contribution < -0.4 is 0 Å². The van der Waals surface area contributed by atoms with Gasteiger partial charge in [-0.1, -0.05) is 91.7 Å². The predicted molar refractivity (Wildman–Crippen MR) is 147 cm³/mol. The molecule has 4 aromatic rings. The lowest BCUT2D eigenvalue weighted by Crippen LogP contribution is -2.25. The molecular weight excluding hydrogens is 460 g/mol. The Bertz CT molecular complexity index is 1360. The summed E-state index contributed by atoms with van der Waals surface area (Å²) in [6.07, 6.45) is 4.62. The highest BCUT2D eigenvalue weighted by Crippen LogP contribution is 2.40. The number of nitrogens with zero attached hydrogens (tertiary/aromatic N) is 2. The lowest BCUT2D eigenvalue weighted by atomic mass is 9.81. The van der Waals surface area contributed by atoms with Crippen LogP contribution in [0.15, 0.2) is 78.9 Å². The Morgan fingerprint density at radius 3 is 2.43 bits per heavy atom. The number of carboxylic acids is 1. The zero-order valence-corrected chi connectivity index (χ0v) is 21.6. The van der Waals surface area contributed by atoms with Gasteiger partial charge in [0, 0.05) is 11.1 Å². The topological polar surface area (TPSA) is 64.4 Å². The number of rotatable bonds is 8. The Labute approximate surface area is 218 Å². The number of benzene rings is 3. The van der Waals surface area contributed by atoms with Crippen LogP contribution in [0.3, 0.4) is 0 Å². The highest BCUT2D eigenvalue weighted by Gasteiger charge is 2.28. The molecule has 1 fully saturated rings. The van der Waals surface area contributed by atoms with E-state index in [1.807, 2.05) is 6.07 Å². The molecule has 1 saturated carbocycles. The third kappa shape index (κ3) is 5.37. The van der Waals surface area contributed by atoms with Gasteiger partial charge in [-0.25, -0.2) is 9.48 Å². The molecule has 5 heteroatoms. The molecule has 5 rings (SSSR count). The third-order valence-corrected chi connectivity index (χ3v) is 7.38. The lowest BCUT2D eigenvalue weighted by Gasteiger charge is -2.30. The van der Waals surface area contributed by atoms with Crippen LogP contribution in [-0.2, 0) is 16.0 Å². The highest BCUT2D eigenvalue weighted by molar-refractivity contribution is 5.83. The van der Waals surface area contributed by atoms with E-state index in [4.69, 9.17) is 14.9 Å². The molecule has 0 radical (unpaired) electrons. The standard InChI is InChI=1S/C32H34N2O3/c1-3-28-31(23-10-5-4-6-11-23)32(24-18-16-22(2)17-19-24)33-34(28)29-15-8-7-14-27(29)25-12-9-13-26(20-25)37-21-30(35)36/h4-8,10-11,14-19,25-26H,3,9,12-13,20-21H2,1-2H3,(H,35,36). The smallest absolute Gasteiger partial charge is 0.329 e. The number of aromatic nitrogens is 2. The molecule has 1 aromatic heterocycles. The van der Waals surface area contributed by atoms with Gasteiger partial charge >= 0.3 is 5.97 Å². The zero-order chi connectivity index (χ0) is 25.8. The van der Waals surface area contributed by atoms with E-state index in [2.05, 4.69) is 91.3 Å². The Balaban J connectivity index is 1.61. The number of hydrogen-bond donors (Lipinski definition) is 1. The Kier molecular flexibility index (Phi) is 7.52. The number of para-hydroxylation sites is 1. The van der Waals surface area contributed by atoms with E-state index < -0.39 is 5.97 Å². The maximum Gasteiger partial charge on any atom is 0.329 e. The number of carboxylic acid groups (broad SMARTS) is 1. The van der Waals surface area contributed by atoms with Crippen molar-refractivity contribution < 1.29 is 14.6 Å². The molecule has 3 aromatic carbocycles. The number of aliphatic carboxylic acids is 1. The summed E-state index contributed by atoms with van der Waals surface area (Å²) in [5.41, 5.74) is 9.19. The van der Waals surface area contributed by atoms with Gasteiger partial charge in [-0.05, 0) is 55.7 Å². The fourth-order valence-corrected chi connectivity index (χ4v) is 5.59. The van der Waals surface area contributed by atoms with Crippen molar-refractivity contribution in [2.24, 2.45) is 0 Å². The Morgan fingerprint density at radius 2 is 1.70 bits per heavy atom. The lowest BCUT2D eigenvalue weighted by molar-refractivity contribution is -0.145. The number of aryl methyl sites for hydroxylation is 1. The van der Waals surface area contributed by atoms with E-state index in [9.17, 15) is 4.79 Å². The normalized spacial score (nSPS) is 17.6. The average Bonchev–Trinajstić information content (AvgIpc) is 3.32. The van der Waals surface area contributed by atoms with Crippen molar-refractivity contribution in [3.63, 3.8) is 0 Å². The van der Waals surface area contributed by atoms with Crippen LogP contribution in [0.2, 0.25) is 0 Å². The van der Waals surface area contributed by atoms with Gasteiger partial charge in [0.2, 0.25) is 0 Å². The second-order valence-corrected chi connectivity index (χ2v) is 9.92. The molecular formula is C32H34N2O3. The molecule has 1 aliphatic carbocycles. The summed E-state index contributed by atoms with van der Waals surface area (Å²) in [4.78, 5) is 11.1. The van der Waals surface area contributed by atoms with Gasteiger partial charge in [0.05, 0.1) is 17.5 Å². The van der Waals surface area contributed by atoms with Crippen molar-refractivity contribution in [2.45, 2.75) is 58.0 Å². The van der Waals surface area contributed by atoms with Crippen molar-refractivity contribution in [2.75, 3.05) is 6.61 Å². The molecule has 5 nitrogen and oxygen atoms in total. The second-order valence-electron chi connectivity index (χ2n) is 9.92. The summed E-state index contributed by atoms with van der Waals surface area (Å²) in [6, 6.07) is 27.7. The number of carbonyl (C=O) groups is 1. The van der Waals surface area contributed by atoms with Crippen LogP contribution >= 0.6 is 0 Å². The first-order chi connectivity index (χ1) is 18.0. The van der Waals surface area contributed by atoms with Crippen LogP contribution in [0, 0.1) is 6.92 Å². The van der Waals surface area contributed by atoms with Crippen molar-refractivity contribution in [3.05, 3.63) is 95.7 Å². The summed E-state index contributed by atoms with van der Waals surface area (Å²) in [6.45, 7) is 4.06. The third-order valence-electron chi connectivity index (χ3n) is 7.38. The maximum atomic E-state index is 11.1. The minimum atomic E-state index is -0.913. The van der Waals surface area contributed by atoms with Crippen LogP contribution in [0.1, 0.15) is 55.3 Å². The van der Waals surface area contributed by atoms with Gasteiger partial charge in [-0.15, -0.1) is 0 Å². The van der Waals surface area contributed by atoms with Gasteiger partial charge in [-0.2, -0.15) is 5.10 Å². The quantitative estimate of drug-likeness (QED) is 0.281. The molecule has 0 saturated heterocycles. The summed E-state index contributed by atoms with van der Waals surface area (Å²) < 4.78 is 7.86. The van der Waals surface area contributed by atoms with E-state index >= 15 is 0 Å². The Hall–Kier alpha value is -3.70. The molecule has 190 valence electrons.